The Morgan fingerprint density at radius 2 is 2.19 bits per heavy atom. The molecule has 1 saturated carbocycles. The highest BCUT2D eigenvalue weighted by molar-refractivity contribution is 5.88. The molecular weight excluding hydrogens is 334 g/mol. The smallest absolute Gasteiger partial charge is 0.280 e. The molecule has 4 aromatic rings. The summed E-state index contributed by atoms with van der Waals surface area (Å²) in [4.78, 5) is 21.9. The fraction of sp³-hybridized carbons (Fsp3) is 0.333. The van der Waals surface area contributed by atoms with Gasteiger partial charge in [-0.25, -0.2) is 4.98 Å². The summed E-state index contributed by atoms with van der Waals surface area (Å²) in [6, 6.07) is 5.54. The van der Waals surface area contributed by atoms with Gasteiger partial charge in [-0.3, -0.25) is 13.8 Å². The van der Waals surface area contributed by atoms with Crippen LogP contribution in [0.2, 0.25) is 0 Å². The molecule has 3 heterocycles. The molecule has 3 aromatic heterocycles. The van der Waals surface area contributed by atoms with Crippen LogP contribution in [0.4, 0.5) is 0 Å². The van der Waals surface area contributed by atoms with Gasteiger partial charge in [0, 0.05) is 13.0 Å². The maximum absolute atomic E-state index is 13.0. The fourth-order valence-corrected chi connectivity index (χ4v) is 3.30. The third kappa shape index (κ3) is 2.08. The van der Waals surface area contributed by atoms with E-state index < -0.39 is 0 Å². The van der Waals surface area contributed by atoms with Gasteiger partial charge in [-0.2, -0.15) is 4.98 Å². The number of hydrogen-bond donors (Lipinski definition) is 0. The van der Waals surface area contributed by atoms with Crippen molar-refractivity contribution in [1.29, 1.82) is 0 Å². The Morgan fingerprint density at radius 1 is 1.35 bits per heavy atom. The van der Waals surface area contributed by atoms with Gasteiger partial charge in [0.1, 0.15) is 17.5 Å². The second-order valence-electron chi connectivity index (χ2n) is 6.47. The van der Waals surface area contributed by atoms with Gasteiger partial charge in [-0.15, -0.1) is 0 Å². The average Bonchev–Trinajstić information content (AvgIpc) is 3.21. The summed E-state index contributed by atoms with van der Waals surface area (Å²) in [7, 11) is 1.71. The number of imidazole rings is 1. The van der Waals surface area contributed by atoms with Crippen LogP contribution in [0.15, 0.2) is 33.8 Å². The summed E-state index contributed by atoms with van der Waals surface area (Å²) in [5.74, 6) is 2.01. The lowest BCUT2D eigenvalue weighted by atomic mass is 10.2. The van der Waals surface area contributed by atoms with Crippen molar-refractivity contribution >= 4 is 16.6 Å². The minimum Gasteiger partial charge on any atom is -0.493 e. The number of aryl methyl sites for hydroxylation is 1. The predicted molar refractivity (Wildman–Crippen MR) is 94.4 cm³/mol. The second-order valence-corrected chi connectivity index (χ2v) is 6.47. The molecule has 132 valence electrons. The molecule has 0 radical (unpaired) electrons. The Labute approximate surface area is 148 Å². The SMILES string of the molecule is CCOc1cccc2c1c(=O)n(C)c1c(-c3nc(C4CC4)no3)ncn21. The zero-order chi connectivity index (χ0) is 17.8. The Kier molecular flexibility index (Phi) is 3.15. The third-order valence-corrected chi connectivity index (χ3v) is 4.73. The van der Waals surface area contributed by atoms with Crippen LogP contribution in [0.3, 0.4) is 0 Å². The second kappa shape index (κ2) is 5.42. The van der Waals surface area contributed by atoms with Crippen LogP contribution >= 0.6 is 0 Å². The Hall–Kier alpha value is -3.16. The number of hydrogen-bond acceptors (Lipinski definition) is 6. The van der Waals surface area contributed by atoms with Gasteiger partial charge >= 0.3 is 0 Å². The van der Waals surface area contributed by atoms with Crippen LogP contribution in [0.5, 0.6) is 5.75 Å². The molecule has 0 saturated heterocycles. The predicted octanol–water partition coefficient (Wildman–Crippen LogP) is 2.51. The van der Waals surface area contributed by atoms with Gasteiger partial charge < -0.3 is 9.26 Å². The molecule has 1 aliphatic carbocycles. The molecule has 8 nitrogen and oxygen atoms in total. The topological polar surface area (TPSA) is 87.5 Å². The summed E-state index contributed by atoms with van der Waals surface area (Å²) in [6.45, 7) is 2.38. The van der Waals surface area contributed by atoms with Crippen molar-refractivity contribution in [3.05, 3.63) is 40.7 Å². The van der Waals surface area contributed by atoms with E-state index in [9.17, 15) is 4.79 Å². The van der Waals surface area contributed by atoms with E-state index in [0.717, 1.165) is 18.4 Å². The summed E-state index contributed by atoms with van der Waals surface area (Å²) >= 11 is 0. The van der Waals surface area contributed by atoms with Crippen LogP contribution in [-0.4, -0.2) is 30.7 Å². The first kappa shape index (κ1) is 15.1. The van der Waals surface area contributed by atoms with Gasteiger partial charge in [0.2, 0.25) is 0 Å². The lowest BCUT2D eigenvalue weighted by Crippen LogP contribution is -2.20. The van der Waals surface area contributed by atoms with Gasteiger partial charge in [-0.05, 0) is 31.9 Å². The maximum atomic E-state index is 13.0. The molecule has 1 aromatic carbocycles. The molecule has 0 N–H and O–H groups in total. The number of ether oxygens (including phenoxy) is 1. The minimum absolute atomic E-state index is 0.153. The quantitative estimate of drug-likeness (QED) is 0.561. The highest BCUT2D eigenvalue weighted by Crippen LogP contribution is 2.39. The molecular formula is C18H17N5O3. The first-order valence-electron chi connectivity index (χ1n) is 8.64. The van der Waals surface area contributed by atoms with E-state index in [1.165, 1.54) is 0 Å². The number of rotatable bonds is 4. The Morgan fingerprint density at radius 3 is 2.96 bits per heavy atom. The molecule has 0 bridgehead atoms. The summed E-state index contributed by atoms with van der Waals surface area (Å²) in [5.41, 5.74) is 1.70. The lowest BCUT2D eigenvalue weighted by Gasteiger charge is -2.11. The zero-order valence-electron chi connectivity index (χ0n) is 14.5. The lowest BCUT2D eigenvalue weighted by molar-refractivity contribution is 0.344. The van der Waals surface area contributed by atoms with Crippen molar-refractivity contribution in [1.82, 2.24) is 24.1 Å². The first-order chi connectivity index (χ1) is 12.7. The number of benzene rings is 1. The molecule has 1 aliphatic rings. The third-order valence-electron chi connectivity index (χ3n) is 4.73. The minimum atomic E-state index is -0.153. The van der Waals surface area contributed by atoms with Gasteiger partial charge in [0.15, 0.2) is 17.2 Å². The van der Waals surface area contributed by atoms with E-state index in [4.69, 9.17) is 9.26 Å². The molecule has 26 heavy (non-hydrogen) atoms. The van der Waals surface area contributed by atoms with E-state index in [1.807, 2.05) is 23.5 Å². The molecule has 8 heteroatoms. The van der Waals surface area contributed by atoms with Crippen molar-refractivity contribution in [2.45, 2.75) is 25.7 Å². The van der Waals surface area contributed by atoms with Crippen molar-refractivity contribution < 1.29 is 9.26 Å². The maximum Gasteiger partial charge on any atom is 0.280 e. The molecule has 1 fully saturated rings. The van der Waals surface area contributed by atoms with Crippen molar-refractivity contribution in [3.63, 3.8) is 0 Å². The van der Waals surface area contributed by atoms with Crippen molar-refractivity contribution in [2.75, 3.05) is 6.61 Å². The Bertz CT molecular complexity index is 1200. The van der Waals surface area contributed by atoms with Gasteiger partial charge in [0.25, 0.3) is 11.4 Å². The molecule has 0 atom stereocenters. The number of aromatic nitrogens is 5. The fourth-order valence-electron chi connectivity index (χ4n) is 3.30. The van der Waals surface area contributed by atoms with Crippen molar-refractivity contribution in [2.24, 2.45) is 7.05 Å². The van der Waals surface area contributed by atoms with Gasteiger partial charge in [-0.1, -0.05) is 11.2 Å². The number of fused-ring (bicyclic) bond motifs is 3. The van der Waals surface area contributed by atoms with E-state index in [-0.39, 0.29) is 5.56 Å². The normalized spacial score (nSPS) is 14.4. The Balaban J connectivity index is 1.80. The standard InChI is InChI=1S/C18H17N5O3/c1-3-25-12-6-4-5-11-13(12)18(24)22(2)17-14(19-9-23(11)17)16-20-15(21-26-16)10-7-8-10/h4-6,9-10H,3,7-8H2,1-2H3. The summed E-state index contributed by atoms with van der Waals surface area (Å²) in [5, 5.41) is 4.58. The zero-order valence-corrected chi connectivity index (χ0v) is 14.5. The van der Waals surface area contributed by atoms with Crippen LogP contribution in [0, 0.1) is 0 Å². The largest absolute Gasteiger partial charge is 0.493 e. The van der Waals surface area contributed by atoms with Crippen molar-refractivity contribution in [3.8, 4) is 17.3 Å². The van der Waals surface area contributed by atoms with Crippen LogP contribution in [0.1, 0.15) is 31.5 Å². The van der Waals surface area contributed by atoms with Crippen LogP contribution in [0.25, 0.3) is 28.1 Å². The van der Waals surface area contributed by atoms with Crippen LogP contribution in [-0.2, 0) is 7.05 Å². The van der Waals surface area contributed by atoms with Gasteiger partial charge in [0.05, 0.1) is 12.1 Å². The summed E-state index contributed by atoms with van der Waals surface area (Å²) < 4.78 is 14.5. The van der Waals surface area contributed by atoms with E-state index in [0.29, 0.717) is 46.7 Å². The molecule has 0 spiro atoms. The molecule has 0 amide bonds. The number of nitrogens with zero attached hydrogens (tertiary/aromatic N) is 5. The highest BCUT2D eigenvalue weighted by atomic mass is 16.5. The van der Waals surface area contributed by atoms with E-state index in [2.05, 4.69) is 15.1 Å². The van der Waals surface area contributed by atoms with E-state index >= 15 is 0 Å². The van der Waals surface area contributed by atoms with Crippen LogP contribution < -0.4 is 10.3 Å². The monoisotopic (exact) mass is 351 g/mol. The summed E-state index contributed by atoms with van der Waals surface area (Å²) in [6.07, 6.45) is 3.85. The first-order valence-corrected chi connectivity index (χ1v) is 8.64. The molecule has 5 rings (SSSR count). The average molecular weight is 351 g/mol. The molecule has 0 unspecified atom stereocenters. The highest BCUT2D eigenvalue weighted by Gasteiger charge is 2.30. The van der Waals surface area contributed by atoms with E-state index in [1.54, 1.807) is 24.0 Å². The molecule has 0 aliphatic heterocycles.